The van der Waals surface area contributed by atoms with Gasteiger partial charge in [0.1, 0.15) is 34.9 Å². The van der Waals surface area contributed by atoms with Crippen LogP contribution in [0.2, 0.25) is 0 Å². The number of anilines is 7. The van der Waals surface area contributed by atoms with Crippen molar-refractivity contribution in [3.63, 3.8) is 0 Å². The first-order chi connectivity index (χ1) is 60.1. The molecule has 3 aliphatic heterocycles. The molecule has 658 valence electrons. The number of aromatic nitrogens is 16. The molecule has 6 atom stereocenters. The number of likely N-dealkylation sites (N-methyl/N-ethyl adjacent to an activating group) is 1. The highest BCUT2D eigenvalue weighted by Gasteiger charge is 2.31. The summed E-state index contributed by atoms with van der Waals surface area (Å²) in [5.41, 5.74) is 22.9. The van der Waals surface area contributed by atoms with Crippen molar-refractivity contribution >= 4 is 101 Å². The number of hydrogen-bond acceptors (Lipinski definition) is 22. The van der Waals surface area contributed by atoms with Crippen LogP contribution in [0.3, 0.4) is 0 Å². The number of aliphatic hydroxyl groups excluding tert-OH is 4. The van der Waals surface area contributed by atoms with Crippen LogP contribution in [0, 0.1) is 23.7 Å². The molecular formula is C95H127BrN24O4. The van der Waals surface area contributed by atoms with Crippen molar-refractivity contribution in [1.82, 2.24) is 82.4 Å². The summed E-state index contributed by atoms with van der Waals surface area (Å²) in [5, 5.41) is 73.7. The molecule has 18 rings (SSSR count). The van der Waals surface area contributed by atoms with E-state index in [1.807, 2.05) is 38.2 Å². The molecule has 14 heterocycles. The third kappa shape index (κ3) is 20.8. The Morgan fingerprint density at radius 3 is 1.35 bits per heavy atom. The Kier molecular flexibility index (Phi) is 30.3. The Hall–Kier alpha value is -11.0. The monoisotopic (exact) mass is 1750 g/mol. The lowest BCUT2D eigenvalue weighted by Crippen LogP contribution is -2.40. The lowest BCUT2D eigenvalue weighted by Gasteiger charge is -2.36. The number of nitrogen functional groups attached to an aromatic ring is 1. The Labute approximate surface area is 736 Å². The Morgan fingerprint density at radius 2 is 0.895 bits per heavy atom. The van der Waals surface area contributed by atoms with E-state index in [-0.39, 0.29) is 39.8 Å². The summed E-state index contributed by atoms with van der Waals surface area (Å²) in [6.07, 6.45) is 44.0. The van der Waals surface area contributed by atoms with E-state index >= 15 is 0 Å². The van der Waals surface area contributed by atoms with Crippen LogP contribution < -0.4 is 36.8 Å². The molecule has 2 saturated carbocycles. The maximum absolute atomic E-state index is 9.85. The number of rotatable bonds is 28. The standard InChI is InChI=1S/C26H33N5O.C25H32N6O.C25H35N5O.C18H23BrN8O.CH4/c1-3-19-16-28-31-25(27-15-18-8-9-24-21(12-18)10-11-30(24)2)14-23(29-26(19)31)13-20-6-4-5-7-22(20)17-32;1-3-19-17-27-31-23(26-16-18-7-8-22-20(14-18)9-12-29(22)2)15-24(28-25(19)31)30-11-5-4-6-21(30)10-13-32;1-4-20-16-27-30-24(26-15-19-10-11-29(5-2)18(3)12-19)14-23(28-25(20)30)13-21-8-6-7-9-22(21)17-31;19-14-11-24-27-15(21-8-12-9-22-18(20)23-10-12)7-16(25-17(14)27)26-5-2-1-3-13(26)4-6-28;/h8-12,14,16,20,22,27,32H,3-7,13,15,17H2,1-2H3;7-9,12,14-15,17,21,26,32H,3-6,10-11,13,16H2,1-2H3;10-12,14,16,21-22,26,31H,3-9,13,15,17H2,1-2H3;7,9-11,13,21,28H,1-6,8H2,(H2,20,22,23);1H4/t20-,22+;21-;21-,22+;13-;/m1010./s1. The van der Waals surface area contributed by atoms with Gasteiger partial charge in [-0.25, -0.2) is 29.9 Å². The van der Waals surface area contributed by atoms with Crippen molar-refractivity contribution in [2.24, 2.45) is 37.8 Å². The molecule has 2 aliphatic carbocycles. The average molecular weight is 1750 g/mol. The summed E-state index contributed by atoms with van der Waals surface area (Å²) in [6, 6.07) is 26.6. The van der Waals surface area contributed by atoms with Gasteiger partial charge >= 0.3 is 0 Å². The van der Waals surface area contributed by atoms with Gasteiger partial charge < -0.3 is 71.3 Å². The molecule has 10 N–H and O–H groups in total. The van der Waals surface area contributed by atoms with E-state index in [9.17, 15) is 20.4 Å². The predicted octanol–water partition coefficient (Wildman–Crippen LogP) is 16.1. The van der Waals surface area contributed by atoms with Gasteiger partial charge in [-0.1, -0.05) is 72.6 Å². The number of aliphatic hydroxyl groups is 4. The number of allylic oxidation sites excluding steroid dienone is 1. The van der Waals surface area contributed by atoms with E-state index < -0.39 is 0 Å². The fourth-order valence-corrected chi connectivity index (χ4v) is 18.9. The van der Waals surface area contributed by atoms with Gasteiger partial charge in [-0.2, -0.15) is 38.5 Å². The van der Waals surface area contributed by atoms with Crippen LogP contribution in [0.4, 0.5) is 40.9 Å². The Morgan fingerprint density at radius 1 is 0.476 bits per heavy atom. The van der Waals surface area contributed by atoms with E-state index in [0.29, 0.717) is 55.4 Å². The normalized spacial score (nSPS) is 18.6. The zero-order valence-corrected chi connectivity index (χ0v) is 73.9. The molecule has 0 spiro atoms. The molecule has 0 radical (unpaired) electrons. The van der Waals surface area contributed by atoms with Crippen LogP contribution in [0.25, 0.3) is 44.4 Å². The van der Waals surface area contributed by atoms with Gasteiger partial charge in [0.25, 0.3) is 0 Å². The summed E-state index contributed by atoms with van der Waals surface area (Å²) in [4.78, 5) is 34.7. The first kappa shape index (κ1) is 89.3. The van der Waals surface area contributed by atoms with Crippen molar-refractivity contribution in [1.29, 1.82) is 0 Å². The van der Waals surface area contributed by atoms with Crippen LogP contribution >= 0.6 is 15.9 Å². The highest BCUT2D eigenvalue weighted by Crippen LogP contribution is 2.37. The molecule has 13 aromatic rings. The number of piperidine rings is 2. The van der Waals surface area contributed by atoms with Crippen LogP contribution in [0.1, 0.15) is 183 Å². The largest absolute Gasteiger partial charge is 0.396 e. The zero-order valence-electron chi connectivity index (χ0n) is 72.3. The molecule has 124 heavy (non-hydrogen) atoms. The molecule has 0 bridgehead atoms. The maximum atomic E-state index is 9.85. The fraction of sp³-hybridized carbons (Fsp3) is 0.474. The summed E-state index contributed by atoms with van der Waals surface area (Å²) in [7, 11) is 4.15. The zero-order chi connectivity index (χ0) is 85.5. The highest BCUT2D eigenvalue weighted by atomic mass is 79.9. The number of fused-ring (bicyclic) bond motifs is 6. The molecule has 29 heteroatoms. The third-order valence-electron chi connectivity index (χ3n) is 25.6. The van der Waals surface area contributed by atoms with Crippen molar-refractivity contribution in [2.75, 3.05) is 89.4 Å². The predicted molar refractivity (Wildman–Crippen MR) is 502 cm³/mol. The van der Waals surface area contributed by atoms with Gasteiger partial charge in [0.05, 0.1) is 29.3 Å². The topological polar surface area (TPSA) is 321 Å². The minimum absolute atomic E-state index is 0. The van der Waals surface area contributed by atoms with Gasteiger partial charge in [-0.3, -0.25) is 0 Å². The lowest BCUT2D eigenvalue weighted by molar-refractivity contribution is 0.134. The van der Waals surface area contributed by atoms with E-state index in [1.165, 1.54) is 95.4 Å². The van der Waals surface area contributed by atoms with Gasteiger partial charge in [0, 0.05) is 204 Å². The van der Waals surface area contributed by atoms with E-state index in [2.05, 4.69) is 237 Å². The fourth-order valence-electron chi connectivity index (χ4n) is 18.6. The summed E-state index contributed by atoms with van der Waals surface area (Å²) in [5.74, 6) is 7.65. The number of hydrogen-bond donors (Lipinski definition) is 9. The van der Waals surface area contributed by atoms with Crippen molar-refractivity contribution in [2.45, 2.75) is 202 Å². The minimum Gasteiger partial charge on any atom is -0.396 e. The summed E-state index contributed by atoms with van der Waals surface area (Å²) < 4.78 is 12.7. The molecule has 4 fully saturated rings. The first-order valence-corrected chi connectivity index (χ1v) is 45.5. The number of halogens is 1. The van der Waals surface area contributed by atoms with E-state index in [0.717, 1.165) is 205 Å². The van der Waals surface area contributed by atoms with E-state index in [4.69, 9.17) is 25.7 Å². The molecule has 0 unspecified atom stereocenters. The molecular weight excluding hydrogens is 1620 g/mol. The van der Waals surface area contributed by atoms with Crippen LogP contribution in [0.15, 0.2) is 163 Å². The van der Waals surface area contributed by atoms with E-state index in [1.54, 1.807) is 23.1 Å². The van der Waals surface area contributed by atoms with Crippen LogP contribution in [0.5, 0.6) is 0 Å². The lowest BCUT2D eigenvalue weighted by atomic mass is 9.77. The molecule has 5 aliphatic rings. The highest BCUT2D eigenvalue weighted by molar-refractivity contribution is 9.10. The average Bonchev–Trinajstić information content (AvgIpc) is 1.61. The van der Waals surface area contributed by atoms with Crippen molar-refractivity contribution < 1.29 is 20.4 Å². The minimum atomic E-state index is 0. The number of nitrogens with two attached hydrogens (primary N) is 1. The number of nitrogens with one attached hydrogen (secondary N) is 4. The Balaban J connectivity index is 0.000000134. The molecule has 28 nitrogen and oxygen atoms in total. The van der Waals surface area contributed by atoms with Crippen LogP contribution in [-0.4, -0.2) is 168 Å². The molecule has 11 aromatic heterocycles. The summed E-state index contributed by atoms with van der Waals surface area (Å²) >= 11 is 3.54. The smallest absolute Gasteiger partial charge is 0.219 e. The molecule has 2 aromatic carbocycles. The van der Waals surface area contributed by atoms with Gasteiger partial charge in [-0.05, 0) is 232 Å². The second kappa shape index (κ2) is 42.1. The number of nitrogens with zero attached hydrogens (tertiary/aromatic N) is 19. The first-order valence-electron chi connectivity index (χ1n) is 44.7. The van der Waals surface area contributed by atoms with Gasteiger partial charge in [-0.15, -0.1) is 0 Å². The molecule has 0 amide bonds. The SMILES string of the molecule is C.C=C1C=C(CNc2cc(C[C@H]3CCCC[C@H]3CO)nc3c(CC)cnn23)C=CN1CC.CCc1cnn2c(NCc3ccc4c(ccn4C)c3)cc(C[C@H]3CCCC[C@H]3CO)nc12.CCc1cnn2c(NCc3ccc4c(ccn4C)c3)cc(N3CCCC[C@H]3CCO)nc12.Nc1ncc(CNc2cc(N3CCCC[C@H]3CCO)nc3c(Br)cnn23)cn1. The summed E-state index contributed by atoms with van der Waals surface area (Å²) in [6.45, 7) is 19.2. The third-order valence-corrected chi connectivity index (χ3v) is 26.2. The second-order valence-corrected chi connectivity index (χ2v) is 34.5. The Bertz CT molecular complexity index is 5780. The second-order valence-electron chi connectivity index (χ2n) is 33.7. The van der Waals surface area contributed by atoms with Crippen molar-refractivity contribution in [3.05, 3.63) is 208 Å². The maximum Gasteiger partial charge on any atom is 0.219 e. The van der Waals surface area contributed by atoms with Gasteiger partial charge in [0.2, 0.25) is 5.95 Å². The van der Waals surface area contributed by atoms with Crippen LogP contribution in [-0.2, 0) is 65.8 Å². The molecule has 2 saturated heterocycles. The quantitative estimate of drug-likeness (QED) is 0.0220. The van der Waals surface area contributed by atoms with Crippen molar-refractivity contribution in [3.8, 4) is 0 Å². The number of aryl methyl sites for hydroxylation is 5. The van der Waals surface area contributed by atoms with Gasteiger partial charge in [0.15, 0.2) is 22.6 Å². The number of benzene rings is 2.